The Balaban J connectivity index is 1.40. The van der Waals surface area contributed by atoms with E-state index >= 15 is 0 Å². The van der Waals surface area contributed by atoms with Gasteiger partial charge >= 0.3 is 0 Å². The molecule has 0 heterocycles. The summed E-state index contributed by atoms with van der Waals surface area (Å²) < 4.78 is 0. The summed E-state index contributed by atoms with van der Waals surface area (Å²) in [6.07, 6.45) is 7.30. The lowest BCUT2D eigenvalue weighted by molar-refractivity contribution is 0.647. The molecule has 0 saturated carbocycles. The van der Waals surface area contributed by atoms with Crippen LogP contribution in [0.4, 0.5) is 0 Å². The quantitative estimate of drug-likeness (QED) is 0.376. The van der Waals surface area contributed by atoms with Gasteiger partial charge in [0.05, 0.1) is 0 Å². The Labute approximate surface area is 192 Å². The van der Waals surface area contributed by atoms with Crippen molar-refractivity contribution in [2.75, 3.05) is 0 Å². The van der Waals surface area contributed by atoms with Crippen molar-refractivity contribution in [2.45, 2.75) is 78.3 Å². The third-order valence-corrected chi connectivity index (χ3v) is 9.16. The zero-order valence-electron chi connectivity index (χ0n) is 20.5. The average molecular weight is 429 g/mol. The Morgan fingerprint density at radius 2 is 1.10 bits per heavy atom. The van der Waals surface area contributed by atoms with Crippen LogP contribution in [0.5, 0.6) is 0 Å². The largest absolute Gasteiger partial charge is 0.0655 e. The highest BCUT2D eigenvalue weighted by molar-refractivity contribution is 6.36. The Bertz CT molecular complexity index is 924. The average Bonchev–Trinajstić information content (AvgIpc) is 3.16. The summed E-state index contributed by atoms with van der Waals surface area (Å²) in [5.74, 6) is 2.79. The molecule has 0 N–H and O–H groups in total. The van der Waals surface area contributed by atoms with Gasteiger partial charge < -0.3 is 0 Å². The van der Waals surface area contributed by atoms with Gasteiger partial charge in [-0.1, -0.05) is 99.5 Å². The van der Waals surface area contributed by atoms with Gasteiger partial charge in [-0.05, 0) is 71.9 Å². The van der Waals surface area contributed by atoms with E-state index < -0.39 is 0 Å². The van der Waals surface area contributed by atoms with Crippen LogP contribution >= 0.6 is 0 Å². The second-order valence-electron chi connectivity index (χ2n) is 10.9. The van der Waals surface area contributed by atoms with Gasteiger partial charge in [-0.3, -0.25) is 0 Å². The third-order valence-electron chi connectivity index (χ3n) is 7.19. The zero-order valence-corrected chi connectivity index (χ0v) is 21.9. The number of hydrogen-bond acceptors (Lipinski definition) is 0. The SMILES string of the molecule is CC1=Cc2cc(CC(C)C)ccc2C1C[SiH2]CC1C(C)=Cc2cc(CC(C)C)ccc21. The maximum Gasteiger partial charge on any atom is 0.0218 e. The molecular weight excluding hydrogens is 388 g/mol. The van der Waals surface area contributed by atoms with Gasteiger partial charge in [-0.25, -0.2) is 0 Å². The van der Waals surface area contributed by atoms with Crippen molar-refractivity contribution in [1.29, 1.82) is 0 Å². The molecule has 4 rings (SSSR count). The summed E-state index contributed by atoms with van der Waals surface area (Å²) in [4.78, 5) is 0. The minimum atomic E-state index is -0.127. The molecule has 0 saturated heterocycles. The number of benzene rings is 2. The van der Waals surface area contributed by atoms with Crippen LogP contribution in [0.3, 0.4) is 0 Å². The standard InChI is InChI=1S/C30H40Si/c1-19(2)11-23-7-9-27-25(15-23)13-21(5)29(27)17-31-18-30-22(6)14-26-16-24(12-20(3)4)8-10-28(26)30/h7-10,13-16,19-20,29-30H,11-12,17-18,31H2,1-6H3. The molecule has 0 aliphatic heterocycles. The molecule has 0 bridgehead atoms. The first-order valence-corrected chi connectivity index (χ1v) is 14.4. The molecule has 1 heteroatoms. The van der Waals surface area contributed by atoms with Gasteiger partial charge in [0.2, 0.25) is 0 Å². The van der Waals surface area contributed by atoms with Crippen LogP contribution in [0.25, 0.3) is 12.2 Å². The van der Waals surface area contributed by atoms with Crippen molar-refractivity contribution in [3.05, 3.63) is 80.9 Å². The van der Waals surface area contributed by atoms with Crippen LogP contribution in [0.1, 0.15) is 86.8 Å². The second-order valence-corrected chi connectivity index (χ2v) is 12.8. The van der Waals surface area contributed by atoms with Crippen molar-refractivity contribution in [3.63, 3.8) is 0 Å². The summed E-state index contributed by atoms with van der Waals surface area (Å²) in [5, 5.41) is 0. The lowest BCUT2D eigenvalue weighted by Crippen LogP contribution is -2.07. The molecule has 2 aliphatic rings. The Morgan fingerprint density at radius 1 is 0.677 bits per heavy atom. The number of allylic oxidation sites excluding steroid dienone is 2. The first kappa shape index (κ1) is 22.3. The van der Waals surface area contributed by atoms with Crippen LogP contribution in [0, 0.1) is 11.8 Å². The fourth-order valence-electron chi connectivity index (χ4n) is 5.80. The van der Waals surface area contributed by atoms with Crippen LogP contribution in [0.15, 0.2) is 47.5 Å². The first-order chi connectivity index (χ1) is 14.8. The molecular formula is C30H40Si. The topological polar surface area (TPSA) is 0 Å². The maximum absolute atomic E-state index is 2.46. The Hall–Kier alpha value is -1.86. The third kappa shape index (κ3) is 4.98. The minimum Gasteiger partial charge on any atom is -0.0655 e. The van der Waals surface area contributed by atoms with Gasteiger partial charge in [-0.15, -0.1) is 0 Å². The second kappa shape index (κ2) is 9.33. The van der Waals surface area contributed by atoms with Gasteiger partial charge in [0.1, 0.15) is 0 Å². The molecule has 0 spiro atoms. The summed E-state index contributed by atoms with van der Waals surface area (Å²) in [6, 6.07) is 17.4. The van der Waals surface area contributed by atoms with E-state index in [4.69, 9.17) is 0 Å². The normalized spacial score (nSPS) is 20.0. The molecule has 2 atom stereocenters. The van der Waals surface area contributed by atoms with E-state index in [1.54, 1.807) is 22.3 Å². The molecule has 0 fully saturated rings. The Morgan fingerprint density at radius 3 is 1.48 bits per heavy atom. The molecule has 31 heavy (non-hydrogen) atoms. The summed E-state index contributed by atoms with van der Waals surface area (Å²) in [5.41, 5.74) is 12.3. The fraction of sp³-hybridized carbons (Fsp3) is 0.467. The van der Waals surface area contributed by atoms with Crippen LogP contribution in [-0.4, -0.2) is 9.52 Å². The van der Waals surface area contributed by atoms with E-state index in [1.165, 1.54) is 47.2 Å². The van der Waals surface area contributed by atoms with Gasteiger partial charge in [-0.2, -0.15) is 0 Å². The number of rotatable bonds is 8. The number of hydrogen-bond donors (Lipinski definition) is 0. The van der Waals surface area contributed by atoms with Crippen molar-refractivity contribution < 1.29 is 0 Å². The van der Waals surface area contributed by atoms with E-state index in [0.29, 0.717) is 11.8 Å². The maximum atomic E-state index is 2.46. The highest BCUT2D eigenvalue weighted by Gasteiger charge is 2.26. The van der Waals surface area contributed by atoms with Crippen molar-refractivity contribution in [2.24, 2.45) is 11.8 Å². The van der Waals surface area contributed by atoms with Crippen molar-refractivity contribution in [1.82, 2.24) is 0 Å². The van der Waals surface area contributed by atoms with Gasteiger partial charge in [0.15, 0.2) is 0 Å². The molecule has 164 valence electrons. The number of fused-ring (bicyclic) bond motifs is 2. The lowest BCUT2D eigenvalue weighted by Gasteiger charge is -2.18. The summed E-state index contributed by atoms with van der Waals surface area (Å²) in [7, 11) is -0.127. The zero-order chi connectivity index (χ0) is 22.1. The van der Waals surface area contributed by atoms with Crippen LogP contribution in [-0.2, 0) is 12.8 Å². The Kier molecular flexibility index (Phi) is 6.72. The molecule has 0 amide bonds. The van der Waals surface area contributed by atoms with E-state index in [9.17, 15) is 0 Å². The monoisotopic (exact) mass is 428 g/mol. The molecule has 0 nitrogen and oxygen atoms in total. The predicted molar refractivity (Wildman–Crippen MR) is 141 cm³/mol. The van der Waals surface area contributed by atoms with Gasteiger partial charge in [0, 0.05) is 21.4 Å². The molecule has 2 aromatic carbocycles. The first-order valence-electron chi connectivity index (χ1n) is 12.4. The van der Waals surface area contributed by atoms with Crippen molar-refractivity contribution in [3.8, 4) is 0 Å². The smallest absolute Gasteiger partial charge is 0.0218 e. The highest BCUT2D eigenvalue weighted by Crippen LogP contribution is 2.42. The van der Waals surface area contributed by atoms with Crippen LogP contribution in [0.2, 0.25) is 12.1 Å². The van der Waals surface area contributed by atoms with E-state index in [1.807, 2.05) is 0 Å². The summed E-state index contributed by atoms with van der Waals surface area (Å²) in [6.45, 7) is 14.0. The molecule has 0 aromatic heterocycles. The summed E-state index contributed by atoms with van der Waals surface area (Å²) >= 11 is 0. The predicted octanol–water partition coefficient (Wildman–Crippen LogP) is 7.79. The van der Waals surface area contributed by atoms with Crippen molar-refractivity contribution >= 4 is 21.7 Å². The molecule has 2 aromatic rings. The van der Waals surface area contributed by atoms with Crippen LogP contribution < -0.4 is 0 Å². The molecule has 2 unspecified atom stereocenters. The molecule has 0 radical (unpaired) electrons. The van der Waals surface area contributed by atoms with Gasteiger partial charge in [0.25, 0.3) is 0 Å². The van der Waals surface area contributed by atoms with E-state index in [0.717, 1.165) is 11.8 Å². The highest BCUT2D eigenvalue weighted by atomic mass is 28.2. The van der Waals surface area contributed by atoms with E-state index in [-0.39, 0.29) is 9.52 Å². The lowest BCUT2D eigenvalue weighted by atomic mass is 9.95. The minimum absolute atomic E-state index is 0.127. The fourth-order valence-corrected chi connectivity index (χ4v) is 8.39. The molecule has 2 aliphatic carbocycles. The van der Waals surface area contributed by atoms with E-state index in [2.05, 4.69) is 90.1 Å².